The Kier molecular flexibility index (Phi) is 1.89. The molecule has 1 atom stereocenters. The van der Waals surface area contributed by atoms with Crippen molar-refractivity contribution in [2.24, 2.45) is 0 Å². The lowest BCUT2D eigenvalue weighted by Gasteiger charge is -2.25. The Morgan fingerprint density at radius 2 is 2.38 bits per heavy atom. The molecule has 0 aliphatic carbocycles. The molecule has 0 N–H and O–H groups in total. The summed E-state index contributed by atoms with van der Waals surface area (Å²) >= 11 is 0. The van der Waals surface area contributed by atoms with Crippen LogP contribution in [-0.2, 0) is 4.74 Å². The third kappa shape index (κ3) is 1.13. The average molecular weight is 217 g/mol. The van der Waals surface area contributed by atoms with Crippen molar-refractivity contribution in [3.8, 4) is 5.75 Å². The molecule has 4 nitrogen and oxygen atoms in total. The minimum Gasteiger partial charge on any atom is -0.496 e. The molecular weight excluding hydrogens is 206 g/mol. The Hall–Kier alpha value is -1.97. The van der Waals surface area contributed by atoms with E-state index in [1.54, 1.807) is 12.0 Å². The highest BCUT2D eigenvalue weighted by Gasteiger charge is 2.36. The molecule has 0 spiro atoms. The van der Waals surface area contributed by atoms with Crippen molar-refractivity contribution in [1.82, 2.24) is 0 Å². The van der Waals surface area contributed by atoms with Gasteiger partial charge in [0.2, 0.25) is 0 Å². The number of nitrogens with zero attached hydrogens (tertiary/aromatic N) is 1. The number of benzene rings is 1. The van der Waals surface area contributed by atoms with Gasteiger partial charge in [-0.3, -0.25) is 4.90 Å². The normalized spacial score (nSPS) is 21.4. The zero-order valence-electron chi connectivity index (χ0n) is 8.84. The van der Waals surface area contributed by atoms with Crippen LogP contribution in [0.3, 0.4) is 0 Å². The molecule has 1 aromatic carbocycles. The monoisotopic (exact) mass is 217 g/mol. The molecule has 4 heteroatoms. The minimum atomic E-state index is -0.288. The van der Waals surface area contributed by atoms with Crippen molar-refractivity contribution in [3.05, 3.63) is 29.8 Å². The smallest absolute Gasteiger partial charge is 0.415 e. The van der Waals surface area contributed by atoms with Gasteiger partial charge in [0.15, 0.2) is 0 Å². The number of amides is 1. The first kappa shape index (κ1) is 9.27. The van der Waals surface area contributed by atoms with Crippen LogP contribution in [-0.4, -0.2) is 25.9 Å². The summed E-state index contributed by atoms with van der Waals surface area (Å²) in [5.41, 5.74) is 1.79. The van der Waals surface area contributed by atoms with Crippen molar-refractivity contribution in [3.63, 3.8) is 0 Å². The number of methoxy groups -OCH3 is 1. The minimum absolute atomic E-state index is 0.0205. The molecule has 0 radical (unpaired) electrons. The van der Waals surface area contributed by atoms with E-state index in [0.29, 0.717) is 6.61 Å². The summed E-state index contributed by atoms with van der Waals surface area (Å²) in [7, 11) is 1.62. The van der Waals surface area contributed by atoms with Gasteiger partial charge in [0.25, 0.3) is 0 Å². The second-order valence-corrected chi connectivity index (χ2v) is 3.77. The van der Waals surface area contributed by atoms with Crippen LogP contribution < -0.4 is 9.64 Å². The number of hydrogen-bond acceptors (Lipinski definition) is 3. The highest BCUT2D eigenvalue weighted by Crippen LogP contribution is 2.37. The molecule has 3 rings (SSSR count). The quantitative estimate of drug-likeness (QED) is 0.722. The number of rotatable bonds is 1. The molecule has 1 aromatic rings. The van der Waals surface area contributed by atoms with E-state index in [0.717, 1.165) is 17.0 Å². The second-order valence-electron chi connectivity index (χ2n) is 3.77. The average Bonchev–Trinajstić information content (AvgIpc) is 2.70. The van der Waals surface area contributed by atoms with Crippen molar-refractivity contribution in [2.75, 3.05) is 18.6 Å². The molecular formula is C12H11NO3. The van der Waals surface area contributed by atoms with Gasteiger partial charge in [0.1, 0.15) is 12.4 Å². The number of carbonyl (C=O) groups is 1. The molecule has 1 amide bonds. The lowest BCUT2D eigenvalue weighted by Crippen LogP contribution is -2.34. The summed E-state index contributed by atoms with van der Waals surface area (Å²) in [6.45, 7) is 0.423. The number of ether oxygens (including phenoxy) is 2. The second kappa shape index (κ2) is 3.27. The Bertz CT molecular complexity index is 481. The third-order valence-corrected chi connectivity index (χ3v) is 2.91. The van der Waals surface area contributed by atoms with E-state index in [9.17, 15) is 4.79 Å². The molecule has 0 bridgehead atoms. The van der Waals surface area contributed by atoms with Crippen LogP contribution in [0, 0.1) is 0 Å². The largest absolute Gasteiger partial charge is 0.496 e. The summed E-state index contributed by atoms with van der Waals surface area (Å²) in [4.78, 5) is 13.3. The zero-order chi connectivity index (χ0) is 11.1. The van der Waals surface area contributed by atoms with Gasteiger partial charge in [0, 0.05) is 5.56 Å². The number of hydrogen-bond donors (Lipinski definition) is 0. The number of cyclic esters (lactones) is 1. The van der Waals surface area contributed by atoms with Crippen LogP contribution in [0.25, 0.3) is 6.08 Å². The molecule has 2 aliphatic rings. The van der Waals surface area contributed by atoms with E-state index in [4.69, 9.17) is 9.47 Å². The van der Waals surface area contributed by atoms with Gasteiger partial charge >= 0.3 is 6.09 Å². The molecule has 2 aliphatic heterocycles. The van der Waals surface area contributed by atoms with Gasteiger partial charge < -0.3 is 9.47 Å². The maximum absolute atomic E-state index is 11.6. The van der Waals surface area contributed by atoms with Crippen LogP contribution >= 0.6 is 0 Å². The molecule has 2 heterocycles. The van der Waals surface area contributed by atoms with E-state index in [1.807, 2.05) is 30.4 Å². The highest BCUT2D eigenvalue weighted by atomic mass is 16.6. The first-order valence-corrected chi connectivity index (χ1v) is 5.12. The molecule has 0 saturated carbocycles. The highest BCUT2D eigenvalue weighted by molar-refractivity contribution is 5.96. The molecule has 16 heavy (non-hydrogen) atoms. The van der Waals surface area contributed by atoms with Gasteiger partial charge in [-0.15, -0.1) is 0 Å². The molecule has 0 aromatic heterocycles. The SMILES string of the molecule is COc1cccc2c1C=C[C@H]1COC(=O)N21. The van der Waals surface area contributed by atoms with Crippen LogP contribution in [0.2, 0.25) is 0 Å². The Labute approximate surface area is 93.1 Å². The first-order chi connectivity index (χ1) is 7.81. The van der Waals surface area contributed by atoms with Crippen LogP contribution in [0.1, 0.15) is 5.56 Å². The predicted molar refractivity (Wildman–Crippen MR) is 59.6 cm³/mol. The number of carbonyl (C=O) groups excluding carboxylic acids is 1. The van der Waals surface area contributed by atoms with Crippen molar-refractivity contribution < 1.29 is 14.3 Å². The summed E-state index contributed by atoms with van der Waals surface area (Å²) < 4.78 is 10.3. The maximum Gasteiger partial charge on any atom is 0.415 e. The van der Waals surface area contributed by atoms with E-state index < -0.39 is 0 Å². The standard InChI is InChI=1S/C12H11NO3/c1-15-11-4-2-3-10-9(11)6-5-8-7-16-12(14)13(8)10/h2-6,8H,7H2,1H3/t8-/m0/s1. The fourth-order valence-electron chi connectivity index (χ4n) is 2.15. The van der Waals surface area contributed by atoms with Crippen molar-refractivity contribution in [2.45, 2.75) is 6.04 Å². The fraction of sp³-hybridized carbons (Fsp3) is 0.250. The molecule has 1 saturated heterocycles. The zero-order valence-corrected chi connectivity index (χ0v) is 8.84. The number of fused-ring (bicyclic) bond motifs is 3. The van der Waals surface area contributed by atoms with E-state index in [1.165, 1.54) is 0 Å². The summed E-state index contributed by atoms with van der Waals surface area (Å²) in [5, 5.41) is 0. The van der Waals surface area contributed by atoms with Crippen LogP contribution in [0.4, 0.5) is 10.5 Å². The molecule has 82 valence electrons. The Balaban J connectivity index is 2.17. The van der Waals surface area contributed by atoms with Crippen molar-refractivity contribution >= 4 is 17.9 Å². The summed E-state index contributed by atoms with van der Waals surface area (Å²) in [5.74, 6) is 0.770. The summed E-state index contributed by atoms with van der Waals surface area (Å²) in [6, 6.07) is 5.68. The van der Waals surface area contributed by atoms with E-state index >= 15 is 0 Å². The van der Waals surface area contributed by atoms with Gasteiger partial charge in [0.05, 0.1) is 18.8 Å². The van der Waals surface area contributed by atoms with E-state index in [-0.39, 0.29) is 12.1 Å². The molecule has 0 unspecified atom stereocenters. The summed E-state index contributed by atoms with van der Waals surface area (Å²) in [6.07, 6.45) is 3.66. The lowest BCUT2D eigenvalue weighted by molar-refractivity contribution is 0.180. The topological polar surface area (TPSA) is 38.8 Å². The lowest BCUT2D eigenvalue weighted by atomic mass is 10.0. The first-order valence-electron chi connectivity index (χ1n) is 5.12. The van der Waals surface area contributed by atoms with Crippen LogP contribution in [0.5, 0.6) is 5.75 Å². The fourth-order valence-corrected chi connectivity index (χ4v) is 2.15. The maximum atomic E-state index is 11.6. The molecule has 1 fully saturated rings. The third-order valence-electron chi connectivity index (χ3n) is 2.91. The van der Waals surface area contributed by atoms with Crippen molar-refractivity contribution in [1.29, 1.82) is 0 Å². The van der Waals surface area contributed by atoms with Crippen LogP contribution in [0.15, 0.2) is 24.3 Å². The van der Waals surface area contributed by atoms with Gasteiger partial charge in [-0.05, 0) is 12.1 Å². The predicted octanol–water partition coefficient (Wildman–Crippen LogP) is 2.05. The number of anilines is 1. The van der Waals surface area contributed by atoms with E-state index in [2.05, 4.69) is 0 Å². The van der Waals surface area contributed by atoms with Gasteiger partial charge in [-0.2, -0.15) is 0 Å². The van der Waals surface area contributed by atoms with Gasteiger partial charge in [-0.1, -0.05) is 18.2 Å². The Morgan fingerprint density at radius 1 is 1.50 bits per heavy atom. The Morgan fingerprint density at radius 3 is 3.19 bits per heavy atom. The van der Waals surface area contributed by atoms with Gasteiger partial charge in [-0.25, -0.2) is 4.79 Å².